The van der Waals surface area contributed by atoms with Crippen LogP contribution >= 0.6 is 31.9 Å². The van der Waals surface area contributed by atoms with Gasteiger partial charge < -0.3 is 9.67 Å². The van der Waals surface area contributed by atoms with Gasteiger partial charge in [-0.3, -0.25) is 0 Å². The fraction of sp³-hybridized carbons (Fsp3) is 0.0714. The quantitative estimate of drug-likeness (QED) is 0.675. The van der Waals surface area contributed by atoms with Crippen molar-refractivity contribution in [2.45, 2.75) is 0 Å². The smallest absolute Gasteiger partial charge is 0.144 e. The number of rotatable bonds is 1. The monoisotopic (exact) mass is 380 g/mol. The van der Waals surface area contributed by atoms with E-state index in [0.717, 1.165) is 25.8 Å². The number of phenolic OH excluding ortho intramolecular Hbond substituents is 1. The van der Waals surface area contributed by atoms with Crippen molar-refractivity contribution >= 4 is 42.9 Å². The maximum atomic E-state index is 10.0. The number of fused-ring (bicyclic) bond motifs is 1. The molecule has 96 valence electrons. The predicted octanol–water partition coefficient (Wildman–Crippen LogP) is 4.47. The normalized spacial score (nSPS) is 11.1. The molecule has 0 unspecified atom stereocenters. The third kappa shape index (κ3) is 2.17. The second-order valence-electron chi connectivity index (χ2n) is 4.29. The van der Waals surface area contributed by atoms with Crippen molar-refractivity contribution in [3.63, 3.8) is 0 Å². The topological polar surface area (TPSA) is 38.0 Å². The maximum Gasteiger partial charge on any atom is 0.144 e. The van der Waals surface area contributed by atoms with Crippen LogP contribution in [0, 0.1) is 0 Å². The van der Waals surface area contributed by atoms with Crippen LogP contribution in [0.3, 0.4) is 0 Å². The number of aromatic hydroxyl groups is 1. The summed E-state index contributed by atoms with van der Waals surface area (Å²) in [5, 5.41) is 10.0. The number of phenols is 1. The van der Waals surface area contributed by atoms with Gasteiger partial charge in [0.05, 0.1) is 16.6 Å². The first kappa shape index (κ1) is 12.7. The van der Waals surface area contributed by atoms with E-state index in [2.05, 4.69) is 36.8 Å². The summed E-state index contributed by atoms with van der Waals surface area (Å²) < 4.78 is 3.89. The molecule has 3 rings (SSSR count). The molecule has 0 radical (unpaired) electrons. The van der Waals surface area contributed by atoms with Gasteiger partial charge in [-0.15, -0.1) is 0 Å². The number of nitrogens with zero attached hydrogens (tertiary/aromatic N) is 2. The first-order valence-electron chi connectivity index (χ1n) is 5.67. The molecule has 19 heavy (non-hydrogen) atoms. The number of imidazole rings is 1. The van der Waals surface area contributed by atoms with E-state index < -0.39 is 0 Å². The molecule has 1 heterocycles. The van der Waals surface area contributed by atoms with Gasteiger partial charge in [-0.05, 0) is 36.4 Å². The standard InChI is InChI=1S/C14H10Br2N2O/c1-18-12-7-9(16)2-4-11(12)17-14(18)10-6-8(15)3-5-13(10)19/h2-7,19H,1H3. The van der Waals surface area contributed by atoms with Crippen molar-refractivity contribution in [2.24, 2.45) is 7.05 Å². The average molecular weight is 382 g/mol. The van der Waals surface area contributed by atoms with Crippen LogP contribution in [0.25, 0.3) is 22.4 Å². The number of aromatic nitrogens is 2. The molecule has 0 bridgehead atoms. The molecule has 5 heteroatoms. The SMILES string of the molecule is Cn1c(-c2cc(Br)ccc2O)nc2ccc(Br)cc21. The van der Waals surface area contributed by atoms with E-state index in [1.165, 1.54) is 0 Å². The Morgan fingerprint density at radius 2 is 1.74 bits per heavy atom. The third-order valence-electron chi connectivity index (χ3n) is 3.04. The van der Waals surface area contributed by atoms with E-state index in [-0.39, 0.29) is 5.75 Å². The van der Waals surface area contributed by atoms with E-state index in [1.807, 2.05) is 35.9 Å². The molecular weight excluding hydrogens is 372 g/mol. The molecule has 0 aliphatic heterocycles. The number of aryl methyl sites for hydroxylation is 1. The molecule has 1 N–H and O–H groups in total. The molecule has 0 amide bonds. The highest BCUT2D eigenvalue weighted by molar-refractivity contribution is 9.10. The molecule has 0 atom stereocenters. The summed E-state index contributed by atoms with van der Waals surface area (Å²) in [6, 6.07) is 11.3. The van der Waals surface area contributed by atoms with E-state index in [0.29, 0.717) is 5.56 Å². The Kier molecular flexibility index (Phi) is 3.11. The first-order chi connectivity index (χ1) is 9.06. The average Bonchev–Trinajstić information content (AvgIpc) is 2.70. The molecule has 3 aromatic rings. The lowest BCUT2D eigenvalue weighted by Crippen LogP contribution is -1.92. The second kappa shape index (κ2) is 4.65. The van der Waals surface area contributed by atoms with E-state index >= 15 is 0 Å². The van der Waals surface area contributed by atoms with E-state index in [4.69, 9.17) is 0 Å². The summed E-state index contributed by atoms with van der Waals surface area (Å²) in [4.78, 5) is 4.59. The Morgan fingerprint density at radius 3 is 2.53 bits per heavy atom. The van der Waals surface area contributed by atoms with Crippen LogP contribution in [-0.4, -0.2) is 14.7 Å². The van der Waals surface area contributed by atoms with Crippen molar-refractivity contribution in [2.75, 3.05) is 0 Å². The highest BCUT2D eigenvalue weighted by Gasteiger charge is 2.13. The summed E-state index contributed by atoms with van der Waals surface area (Å²) >= 11 is 6.88. The van der Waals surface area contributed by atoms with Crippen LogP contribution in [0.5, 0.6) is 5.75 Å². The maximum absolute atomic E-state index is 10.0. The van der Waals surface area contributed by atoms with Gasteiger partial charge in [0.2, 0.25) is 0 Å². The van der Waals surface area contributed by atoms with Gasteiger partial charge in [-0.2, -0.15) is 0 Å². The second-order valence-corrected chi connectivity index (χ2v) is 6.12. The Balaban J connectivity index is 2.31. The lowest BCUT2D eigenvalue weighted by molar-refractivity contribution is 0.476. The molecule has 1 aromatic heterocycles. The van der Waals surface area contributed by atoms with Crippen LogP contribution in [0.2, 0.25) is 0 Å². The number of benzene rings is 2. The van der Waals surface area contributed by atoms with Gasteiger partial charge in [0.25, 0.3) is 0 Å². The summed E-state index contributed by atoms with van der Waals surface area (Å²) in [5.41, 5.74) is 2.63. The zero-order chi connectivity index (χ0) is 13.6. The molecule has 3 nitrogen and oxygen atoms in total. The summed E-state index contributed by atoms with van der Waals surface area (Å²) in [5.74, 6) is 0.965. The fourth-order valence-corrected chi connectivity index (χ4v) is 2.80. The van der Waals surface area contributed by atoms with Gasteiger partial charge >= 0.3 is 0 Å². The Hall–Kier alpha value is -1.33. The minimum Gasteiger partial charge on any atom is -0.507 e. The molecule has 0 spiro atoms. The van der Waals surface area contributed by atoms with Crippen LogP contribution in [-0.2, 0) is 7.05 Å². The van der Waals surface area contributed by atoms with E-state index in [9.17, 15) is 5.11 Å². The summed E-state index contributed by atoms with van der Waals surface area (Å²) in [6.45, 7) is 0. The predicted molar refractivity (Wildman–Crippen MR) is 83.2 cm³/mol. The number of halogens is 2. The molecule has 2 aromatic carbocycles. The molecule has 0 saturated heterocycles. The fourth-order valence-electron chi connectivity index (χ4n) is 2.09. The lowest BCUT2D eigenvalue weighted by atomic mass is 10.2. The van der Waals surface area contributed by atoms with Crippen molar-refractivity contribution in [3.8, 4) is 17.1 Å². The molecule has 0 fully saturated rings. The lowest BCUT2D eigenvalue weighted by Gasteiger charge is -2.05. The van der Waals surface area contributed by atoms with Crippen LogP contribution in [0.1, 0.15) is 0 Å². The van der Waals surface area contributed by atoms with E-state index in [1.54, 1.807) is 12.1 Å². The Bertz CT molecular complexity index is 780. The largest absolute Gasteiger partial charge is 0.507 e. The summed E-state index contributed by atoms with van der Waals surface area (Å²) in [6.07, 6.45) is 0. The van der Waals surface area contributed by atoms with Gasteiger partial charge in [0.15, 0.2) is 0 Å². The van der Waals surface area contributed by atoms with Crippen molar-refractivity contribution < 1.29 is 5.11 Å². The molecule has 0 aliphatic rings. The zero-order valence-electron chi connectivity index (χ0n) is 10.1. The molecule has 0 saturated carbocycles. The van der Waals surface area contributed by atoms with Gasteiger partial charge in [-0.1, -0.05) is 31.9 Å². The van der Waals surface area contributed by atoms with Gasteiger partial charge in [0.1, 0.15) is 11.6 Å². The molecular formula is C14H10Br2N2O. The van der Waals surface area contributed by atoms with Crippen LogP contribution in [0.4, 0.5) is 0 Å². The minimum absolute atomic E-state index is 0.223. The number of hydrogen-bond donors (Lipinski definition) is 1. The van der Waals surface area contributed by atoms with Crippen LogP contribution < -0.4 is 0 Å². The van der Waals surface area contributed by atoms with Crippen molar-refractivity contribution in [3.05, 3.63) is 45.3 Å². The summed E-state index contributed by atoms with van der Waals surface area (Å²) in [7, 11) is 1.94. The Labute approximate surface area is 127 Å². The highest BCUT2D eigenvalue weighted by atomic mass is 79.9. The first-order valence-corrected chi connectivity index (χ1v) is 7.26. The number of hydrogen-bond acceptors (Lipinski definition) is 2. The van der Waals surface area contributed by atoms with Gasteiger partial charge in [-0.25, -0.2) is 4.98 Å². The minimum atomic E-state index is 0.223. The van der Waals surface area contributed by atoms with Gasteiger partial charge in [0, 0.05) is 16.0 Å². The van der Waals surface area contributed by atoms with Crippen molar-refractivity contribution in [1.82, 2.24) is 9.55 Å². The highest BCUT2D eigenvalue weighted by Crippen LogP contribution is 2.33. The Morgan fingerprint density at radius 1 is 1.05 bits per heavy atom. The van der Waals surface area contributed by atoms with Crippen LogP contribution in [0.15, 0.2) is 45.3 Å². The zero-order valence-corrected chi connectivity index (χ0v) is 13.2. The molecule has 0 aliphatic carbocycles. The van der Waals surface area contributed by atoms with Crippen molar-refractivity contribution in [1.29, 1.82) is 0 Å². The third-order valence-corrected chi connectivity index (χ3v) is 4.03.